The van der Waals surface area contributed by atoms with E-state index in [0.717, 1.165) is 48.0 Å². The summed E-state index contributed by atoms with van der Waals surface area (Å²) >= 11 is 0. The molecule has 0 radical (unpaired) electrons. The normalized spacial score (nSPS) is 19.2. The number of nitrogens with zero attached hydrogens (tertiary/aromatic N) is 3. The number of nitrogens with one attached hydrogen (secondary N) is 1. The fourth-order valence-electron chi connectivity index (χ4n) is 3.47. The van der Waals surface area contributed by atoms with Gasteiger partial charge in [-0.2, -0.15) is 0 Å². The molecule has 2 heterocycles. The van der Waals surface area contributed by atoms with Crippen molar-refractivity contribution in [3.05, 3.63) is 47.3 Å². The van der Waals surface area contributed by atoms with Crippen molar-refractivity contribution < 1.29 is 9.53 Å². The van der Waals surface area contributed by atoms with Crippen molar-refractivity contribution in [3.8, 4) is 5.75 Å². The second-order valence-corrected chi connectivity index (χ2v) is 7.54. The summed E-state index contributed by atoms with van der Waals surface area (Å²) in [6, 6.07) is 8.00. The Labute approximate surface area is 160 Å². The van der Waals surface area contributed by atoms with Gasteiger partial charge in [0.1, 0.15) is 5.75 Å². The van der Waals surface area contributed by atoms with Gasteiger partial charge in [0.15, 0.2) is 6.61 Å². The Kier molecular flexibility index (Phi) is 4.97. The van der Waals surface area contributed by atoms with Gasteiger partial charge in [-0.3, -0.25) is 4.79 Å². The van der Waals surface area contributed by atoms with E-state index >= 15 is 0 Å². The minimum Gasteiger partial charge on any atom is -0.483 e. The summed E-state index contributed by atoms with van der Waals surface area (Å²) in [6.45, 7) is 5.68. The molecule has 4 rings (SSSR count). The molecule has 1 aromatic heterocycles. The second kappa shape index (κ2) is 7.55. The molecular formula is C21H26N4O2. The lowest BCUT2D eigenvalue weighted by atomic mass is 10.1. The third kappa shape index (κ3) is 4.21. The molecule has 1 amide bonds. The topological polar surface area (TPSA) is 67.3 Å². The first-order valence-electron chi connectivity index (χ1n) is 9.66. The number of amides is 1. The Hall–Kier alpha value is -2.63. The summed E-state index contributed by atoms with van der Waals surface area (Å²) in [6.07, 6.45) is 5.21. The number of aromatic nitrogens is 2. The SMILES string of the molecule is Cc1cccc(OCC(=O)NC2CCN(c3nccc(C4CC4)n3)C2)c1C. The minimum absolute atomic E-state index is 0.0362. The van der Waals surface area contributed by atoms with Crippen LogP contribution in [0.2, 0.25) is 0 Å². The van der Waals surface area contributed by atoms with Gasteiger partial charge in [0.25, 0.3) is 5.91 Å². The average molecular weight is 366 g/mol. The zero-order chi connectivity index (χ0) is 18.8. The van der Waals surface area contributed by atoms with E-state index in [9.17, 15) is 4.79 Å². The van der Waals surface area contributed by atoms with Crippen LogP contribution in [0.15, 0.2) is 30.5 Å². The second-order valence-electron chi connectivity index (χ2n) is 7.54. The summed E-state index contributed by atoms with van der Waals surface area (Å²) < 4.78 is 5.70. The molecular weight excluding hydrogens is 340 g/mol. The van der Waals surface area contributed by atoms with Gasteiger partial charge < -0.3 is 15.0 Å². The number of carbonyl (C=O) groups is 1. The molecule has 1 saturated carbocycles. The largest absolute Gasteiger partial charge is 0.483 e. The lowest BCUT2D eigenvalue weighted by Crippen LogP contribution is -2.40. The van der Waals surface area contributed by atoms with Crippen LogP contribution in [-0.2, 0) is 4.79 Å². The van der Waals surface area contributed by atoms with Crippen LogP contribution >= 0.6 is 0 Å². The van der Waals surface area contributed by atoms with Crippen LogP contribution < -0.4 is 15.0 Å². The predicted molar refractivity (Wildman–Crippen MR) is 104 cm³/mol. The number of hydrogen-bond acceptors (Lipinski definition) is 5. The van der Waals surface area contributed by atoms with Gasteiger partial charge in [-0.15, -0.1) is 0 Å². The summed E-state index contributed by atoms with van der Waals surface area (Å²) in [5.41, 5.74) is 3.38. The number of rotatable bonds is 6. The van der Waals surface area contributed by atoms with Gasteiger partial charge in [-0.05, 0) is 56.4 Å². The zero-order valence-electron chi connectivity index (χ0n) is 15.9. The summed E-state index contributed by atoms with van der Waals surface area (Å²) in [7, 11) is 0. The molecule has 6 heteroatoms. The molecule has 2 aromatic rings. The first-order chi connectivity index (χ1) is 13.1. The molecule has 1 aromatic carbocycles. The van der Waals surface area contributed by atoms with Crippen LogP contribution in [0.25, 0.3) is 0 Å². The summed E-state index contributed by atoms with van der Waals surface area (Å²) in [5, 5.41) is 3.07. The van der Waals surface area contributed by atoms with E-state index in [1.807, 2.05) is 44.3 Å². The highest BCUT2D eigenvalue weighted by molar-refractivity contribution is 5.78. The Morgan fingerprint density at radius 2 is 2.11 bits per heavy atom. The van der Waals surface area contributed by atoms with E-state index in [-0.39, 0.29) is 18.6 Å². The smallest absolute Gasteiger partial charge is 0.258 e. The highest BCUT2D eigenvalue weighted by atomic mass is 16.5. The monoisotopic (exact) mass is 366 g/mol. The average Bonchev–Trinajstić information content (AvgIpc) is 3.42. The zero-order valence-corrected chi connectivity index (χ0v) is 15.9. The fourth-order valence-corrected chi connectivity index (χ4v) is 3.47. The van der Waals surface area contributed by atoms with Crippen LogP contribution in [0.5, 0.6) is 5.75 Å². The molecule has 0 bridgehead atoms. The maximum atomic E-state index is 12.3. The quantitative estimate of drug-likeness (QED) is 0.851. The maximum Gasteiger partial charge on any atom is 0.258 e. The van der Waals surface area contributed by atoms with Crippen LogP contribution in [0.3, 0.4) is 0 Å². The standard InChI is InChI=1S/C21H26N4O2/c1-14-4-3-5-19(15(14)2)27-13-20(26)23-17-9-11-25(12-17)21-22-10-8-18(24-21)16-6-7-16/h3-5,8,10,16-17H,6-7,9,11-13H2,1-2H3,(H,23,26). The van der Waals surface area contributed by atoms with Gasteiger partial charge in [-0.1, -0.05) is 12.1 Å². The molecule has 2 aliphatic rings. The van der Waals surface area contributed by atoms with Crippen molar-refractivity contribution in [3.63, 3.8) is 0 Å². The lowest BCUT2D eigenvalue weighted by Gasteiger charge is -2.17. The van der Waals surface area contributed by atoms with Crippen molar-refractivity contribution in [2.24, 2.45) is 0 Å². The number of anilines is 1. The van der Waals surface area contributed by atoms with E-state index in [2.05, 4.69) is 15.2 Å². The van der Waals surface area contributed by atoms with E-state index < -0.39 is 0 Å². The number of benzene rings is 1. The first kappa shape index (κ1) is 17.8. The molecule has 27 heavy (non-hydrogen) atoms. The van der Waals surface area contributed by atoms with Crippen LogP contribution in [0, 0.1) is 13.8 Å². The molecule has 1 aliphatic heterocycles. The van der Waals surface area contributed by atoms with Crippen LogP contribution in [0.4, 0.5) is 5.95 Å². The molecule has 142 valence electrons. The maximum absolute atomic E-state index is 12.3. The number of aryl methyl sites for hydroxylation is 1. The molecule has 1 atom stereocenters. The Morgan fingerprint density at radius 3 is 2.93 bits per heavy atom. The van der Waals surface area contributed by atoms with Gasteiger partial charge in [-0.25, -0.2) is 9.97 Å². The molecule has 1 unspecified atom stereocenters. The van der Waals surface area contributed by atoms with Gasteiger partial charge in [0.2, 0.25) is 5.95 Å². The van der Waals surface area contributed by atoms with Crippen LogP contribution in [-0.4, -0.2) is 41.6 Å². The molecule has 1 saturated heterocycles. The fraction of sp³-hybridized carbons (Fsp3) is 0.476. The molecule has 0 spiro atoms. The summed E-state index contributed by atoms with van der Waals surface area (Å²) in [5.74, 6) is 2.08. The van der Waals surface area contributed by atoms with E-state index in [4.69, 9.17) is 9.72 Å². The third-order valence-corrected chi connectivity index (χ3v) is 5.41. The molecule has 2 fully saturated rings. The lowest BCUT2D eigenvalue weighted by molar-refractivity contribution is -0.123. The number of ether oxygens (including phenoxy) is 1. The predicted octanol–water partition coefficient (Wildman–Crippen LogP) is 2.74. The Morgan fingerprint density at radius 1 is 1.26 bits per heavy atom. The van der Waals surface area contributed by atoms with Crippen molar-refractivity contribution in [2.45, 2.75) is 45.1 Å². The number of hydrogen-bond donors (Lipinski definition) is 1. The van der Waals surface area contributed by atoms with E-state index in [0.29, 0.717) is 5.92 Å². The third-order valence-electron chi connectivity index (χ3n) is 5.41. The molecule has 1 N–H and O–H groups in total. The first-order valence-corrected chi connectivity index (χ1v) is 9.66. The van der Waals surface area contributed by atoms with Crippen molar-refractivity contribution >= 4 is 11.9 Å². The minimum atomic E-state index is -0.0876. The van der Waals surface area contributed by atoms with Gasteiger partial charge in [0.05, 0.1) is 0 Å². The summed E-state index contributed by atoms with van der Waals surface area (Å²) in [4.78, 5) is 23.6. The Bertz CT molecular complexity index is 835. The van der Waals surface area contributed by atoms with E-state index in [1.54, 1.807) is 0 Å². The highest BCUT2D eigenvalue weighted by Gasteiger charge is 2.28. The van der Waals surface area contributed by atoms with Gasteiger partial charge >= 0.3 is 0 Å². The number of carbonyl (C=O) groups excluding carboxylic acids is 1. The highest BCUT2D eigenvalue weighted by Crippen LogP contribution is 2.39. The van der Waals surface area contributed by atoms with Gasteiger partial charge in [0, 0.05) is 36.9 Å². The van der Waals surface area contributed by atoms with Crippen molar-refractivity contribution in [2.75, 3.05) is 24.6 Å². The molecule has 1 aliphatic carbocycles. The Balaban J connectivity index is 1.28. The van der Waals surface area contributed by atoms with E-state index in [1.165, 1.54) is 12.8 Å². The van der Waals surface area contributed by atoms with Crippen LogP contribution in [0.1, 0.15) is 42.0 Å². The van der Waals surface area contributed by atoms with Crippen molar-refractivity contribution in [1.29, 1.82) is 0 Å². The molecule has 6 nitrogen and oxygen atoms in total. The van der Waals surface area contributed by atoms with Crippen molar-refractivity contribution in [1.82, 2.24) is 15.3 Å².